The third-order valence-electron chi connectivity index (χ3n) is 5.62. The van der Waals surface area contributed by atoms with E-state index >= 15 is 0 Å². The fourth-order valence-electron chi connectivity index (χ4n) is 3.93. The Morgan fingerprint density at radius 3 is 2.74 bits per heavy atom. The number of carbonyl (C=O) groups excluding carboxylic acids is 2. The number of nitrogens with one attached hydrogen (secondary N) is 1. The van der Waals surface area contributed by atoms with Gasteiger partial charge in [-0.1, -0.05) is 24.3 Å². The van der Waals surface area contributed by atoms with Crippen molar-refractivity contribution in [1.82, 2.24) is 9.88 Å². The molecule has 6 nitrogen and oxygen atoms in total. The third kappa shape index (κ3) is 3.46. The van der Waals surface area contributed by atoms with E-state index in [-0.39, 0.29) is 11.8 Å². The molecule has 2 aromatic carbocycles. The quantitative estimate of drug-likeness (QED) is 0.531. The van der Waals surface area contributed by atoms with E-state index in [1.54, 1.807) is 24.1 Å². The largest absolute Gasteiger partial charge is 0.460 e. The van der Waals surface area contributed by atoms with Crippen LogP contribution >= 0.6 is 0 Å². The number of benzene rings is 2. The van der Waals surface area contributed by atoms with Crippen LogP contribution in [0.25, 0.3) is 22.4 Å². The maximum absolute atomic E-state index is 13.3. The van der Waals surface area contributed by atoms with Gasteiger partial charge in [0, 0.05) is 30.2 Å². The Morgan fingerprint density at radius 2 is 1.94 bits per heavy atom. The van der Waals surface area contributed by atoms with Gasteiger partial charge in [0.25, 0.3) is 11.8 Å². The van der Waals surface area contributed by atoms with Crippen LogP contribution in [0.15, 0.2) is 65.1 Å². The average molecular weight is 411 g/mol. The summed E-state index contributed by atoms with van der Waals surface area (Å²) in [6.07, 6.45) is 0.812. The van der Waals surface area contributed by atoms with Crippen molar-refractivity contribution in [2.24, 2.45) is 0 Å². The van der Waals surface area contributed by atoms with Crippen LogP contribution in [0.3, 0.4) is 0 Å². The number of rotatable bonds is 3. The second kappa shape index (κ2) is 7.40. The molecule has 0 aliphatic carbocycles. The van der Waals surface area contributed by atoms with Gasteiger partial charge in [0.1, 0.15) is 11.5 Å². The van der Waals surface area contributed by atoms with Gasteiger partial charge in [-0.15, -0.1) is 0 Å². The van der Waals surface area contributed by atoms with Gasteiger partial charge in [0.05, 0.1) is 11.1 Å². The summed E-state index contributed by atoms with van der Waals surface area (Å²) in [5, 5.41) is 3.70. The number of amides is 2. The van der Waals surface area contributed by atoms with Gasteiger partial charge in [-0.3, -0.25) is 9.59 Å². The topological polar surface area (TPSA) is 75.4 Å². The summed E-state index contributed by atoms with van der Waals surface area (Å²) in [5.74, 6) is 1.10. The monoisotopic (exact) mass is 411 g/mol. The average Bonchev–Trinajstić information content (AvgIpc) is 3.22. The SMILES string of the molecule is Cc1ccc(-c2cc(C(=O)Nc3ccc4c(c3)C(=O)N(C)CC4)c3ccccc3n2)o1. The minimum atomic E-state index is -0.264. The lowest BCUT2D eigenvalue weighted by Gasteiger charge is -2.25. The van der Waals surface area contributed by atoms with E-state index in [9.17, 15) is 9.59 Å². The van der Waals surface area contributed by atoms with Gasteiger partial charge >= 0.3 is 0 Å². The number of nitrogens with zero attached hydrogens (tertiary/aromatic N) is 2. The number of fused-ring (bicyclic) bond motifs is 2. The van der Waals surface area contributed by atoms with Crippen molar-refractivity contribution in [2.75, 3.05) is 18.9 Å². The Bertz CT molecular complexity index is 1340. The van der Waals surface area contributed by atoms with Crippen LogP contribution in [0, 0.1) is 6.92 Å². The van der Waals surface area contributed by atoms with E-state index in [2.05, 4.69) is 10.3 Å². The lowest BCUT2D eigenvalue weighted by Crippen LogP contribution is -2.34. The molecular formula is C25H21N3O3. The predicted molar refractivity (Wildman–Crippen MR) is 119 cm³/mol. The molecule has 1 aliphatic rings. The zero-order chi connectivity index (χ0) is 21.5. The molecule has 4 aromatic rings. The Morgan fingerprint density at radius 1 is 1.10 bits per heavy atom. The molecule has 6 heteroatoms. The van der Waals surface area contributed by atoms with Crippen molar-refractivity contribution >= 4 is 28.4 Å². The number of aryl methyl sites for hydroxylation is 1. The Kier molecular flexibility index (Phi) is 4.55. The van der Waals surface area contributed by atoms with Gasteiger partial charge in [-0.05, 0) is 55.3 Å². The van der Waals surface area contributed by atoms with Crippen molar-refractivity contribution in [3.63, 3.8) is 0 Å². The van der Waals surface area contributed by atoms with Crippen LogP contribution in [0.5, 0.6) is 0 Å². The molecule has 1 aliphatic heterocycles. The summed E-state index contributed by atoms with van der Waals surface area (Å²) in [6, 6.07) is 18.5. The molecule has 0 bridgehead atoms. The first-order valence-corrected chi connectivity index (χ1v) is 10.2. The first-order chi connectivity index (χ1) is 15.0. The molecule has 3 heterocycles. The lowest BCUT2D eigenvalue weighted by molar-refractivity contribution is 0.0780. The number of pyridine rings is 1. The van der Waals surface area contributed by atoms with E-state index in [0.29, 0.717) is 40.3 Å². The normalized spacial score (nSPS) is 13.4. The van der Waals surface area contributed by atoms with Crippen LogP contribution in [0.1, 0.15) is 32.0 Å². The maximum Gasteiger partial charge on any atom is 0.256 e. The molecule has 2 aromatic heterocycles. The lowest BCUT2D eigenvalue weighted by atomic mass is 9.98. The van der Waals surface area contributed by atoms with Gasteiger partial charge in [-0.2, -0.15) is 0 Å². The van der Waals surface area contributed by atoms with E-state index in [4.69, 9.17) is 4.42 Å². The second-order valence-corrected chi connectivity index (χ2v) is 7.79. The molecule has 2 amide bonds. The number of likely N-dealkylation sites (N-methyl/N-ethyl adjacent to an activating group) is 1. The molecule has 0 fully saturated rings. The minimum Gasteiger partial charge on any atom is -0.460 e. The van der Waals surface area contributed by atoms with Crippen molar-refractivity contribution in [3.8, 4) is 11.5 Å². The molecule has 0 saturated carbocycles. The second-order valence-electron chi connectivity index (χ2n) is 7.79. The highest BCUT2D eigenvalue weighted by molar-refractivity contribution is 6.13. The van der Waals surface area contributed by atoms with Crippen LogP contribution in [0.2, 0.25) is 0 Å². The summed E-state index contributed by atoms with van der Waals surface area (Å²) in [5.41, 5.74) is 4.03. The standard InChI is InChI=1S/C25H21N3O3/c1-15-7-10-23(31-15)22-14-20(18-5-3-4-6-21(18)27-22)24(29)26-17-9-8-16-11-12-28(2)25(30)19(16)13-17/h3-10,13-14H,11-12H2,1-2H3,(H,26,29). The number of carbonyl (C=O) groups is 2. The van der Waals surface area contributed by atoms with Crippen molar-refractivity contribution in [2.45, 2.75) is 13.3 Å². The molecule has 31 heavy (non-hydrogen) atoms. The summed E-state index contributed by atoms with van der Waals surface area (Å²) in [6.45, 7) is 2.57. The van der Waals surface area contributed by atoms with Crippen molar-refractivity contribution < 1.29 is 14.0 Å². The molecule has 0 unspecified atom stereocenters. The maximum atomic E-state index is 13.3. The van der Waals surface area contributed by atoms with E-state index in [1.807, 2.05) is 55.5 Å². The van der Waals surface area contributed by atoms with E-state index in [1.165, 1.54) is 0 Å². The zero-order valence-electron chi connectivity index (χ0n) is 17.3. The fourth-order valence-corrected chi connectivity index (χ4v) is 3.93. The zero-order valence-corrected chi connectivity index (χ0v) is 17.3. The molecule has 0 saturated heterocycles. The molecule has 0 atom stereocenters. The number of hydrogen-bond donors (Lipinski definition) is 1. The minimum absolute atomic E-state index is 0.0258. The highest BCUT2D eigenvalue weighted by Crippen LogP contribution is 2.28. The van der Waals surface area contributed by atoms with Crippen LogP contribution in [-0.2, 0) is 6.42 Å². The van der Waals surface area contributed by atoms with Crippen molar-refractivity contribution in [3.05, 3.63) is 83.1 Å². The van der Waals surface area contributed by atoms with Gasteiger partial charge in [0.2, 0.25) is 0 Å². The summed E-state index contributed by atoms with van der Waals surface area (Å²) >= 11 is 0. The first-order valence-electron chi connectivity index (χ1n) is 10.2. The Balaban J connectivity index is 1.54. The van der Waals surface area contributed by atoms with Gasteiger partial charge < -0.3 is 14.6 Å². The van der Waals surface area contributed by atoms with Gasteiger partial charge in [0.15, 0.2) is 5.76 Å². The highest BCUT2D eigenvalue weighted by Gasteiger charge is 2.22. The van der Waals surface area contributed by atoms with Crippen LogP contribution in [0.4, 0.5) is 5.69 Å². The number of aromatic nitrogens is 1. The fraction of sp³-hybridized carbons (Fsp3) is 0.160. The summed E-state index contributed by atoms with van der Waals surface area (Å²) < 4.78 is 5.72. The van der Waals surface area contributed by atoms with Gasteiger partial charge in [-0.25, -0.2) is 4.98 Å². The molecular weight excluding hydrogens is 390 g/mol. The van der Waals surface area contributed by atoms with Crippen LogP contribution < -0.4 is 5.32 Å². The molecule has 0 radical (unpaired) electrons. The molecule has 154 valence electrons. The van der Waals surface area contributed by atoms with E-state index < -0.39 is 0 Å². The Hall–Kier alpha value is -3.93. The first kappa shape index (κ1) is 19.1. The summed E-state index contributed by atoms with van der Waals surface area (Å²) in [4.78, 5) is 32.1. The number of para-hydroxylation sites is 1. The number of furan rings is 1. The number of anilines is 1. The third-order valence-corrected chi connectivity index (χ3v) is 5.62. The molecule has 1 N–H and O–H groups in total. The van der Waals surface area contributed by atoms with Crippen molar-refractivity contribution in [1.29, 1.82) is 0 Å². The smallest absolute Gasteiger partial charge is 0.256 e. The number of hydrogen-bond acceptors (Lipinski definition) is 4. The predicted octanol–water partition coefficient (Wildman–Crippen LogP) is 4.68. The molecule has 0 spiro atoms. The van der Waals surface area contributed by atoms with E-state index in [0.717, 1.165) is 23.1 Å². The highest BCUT2D eigenvalue weighted by atomic mass is 16.3. The molecule has 5 rings (SSSR count). The summed E-state index contributed by atoms with van der Waals surface area (Å²) in [7, 11) is 1.79. The van der Waals surface area contributed by atoms with Crippen LogP contribution in [-0.4, -0.2) is 35.3 Å². The Labute approximate surface area is 179 Å².